The van der Waals surface area contributed by atoms with Gasteiger partial charge in [-0.15, -0.1) is 0 Å². The summed E-state index contributed by atoms with van der Waals surface area (Å²) in [6.45, 7) is 18.8. The molecule has 12 nitrogen and oxygen atoms in total. The van der Waals surface area contributed by atoms with Crippen LogP contribution < -0.4 is 0 Å². The fourth-order valence-electron chi connectivity index (χ4n) is 3.11. The third kappa shape index (κ3) is 22.8. The van der Waals surface area contributed by atoms with Gasteiger partial charge in [-0.1, -0.05) is 86.5 Å². The van der Waals surface area contributed by atoms with Gasteiger partial charge >= 0.3 is 23.9 Å². The molecule has 0 bridgehead atoms. The van der Waals surface area contributed by atoms with Crippen LogP contribution in [0.4, 0.5) is 0 Å². The maximum atomic E-state index is 11.8. The molecular weight excluding hydrogens is 648 g/mol. The standard InChI is InChI=1S/C19H20O5.C11H12O2.C8H18O5/c1-13(2)17(20)24-19(22)15(4)11-10-14(3)18(21)23-12-16-8-6-5-7-9-16;1-9(2)11(12)13-8-10-6-4-3-5-7-10;1-2-12-8(7-10)13-6-5-11-4-3-9/h5-9,11H,1,3,10,12H2,2,4H3;3-7H,1,8H2,2H3;8-10H,2-7H2,1H3. The van der Waals surface area contributed by atoms with Crippen LogP contribution in [-0.4, -0.2) is 80.0 Å². The highest BCUT2D eigenvalue weighted by atomic mass is 16.7. The van der Waals surface area contributed by atoms with Crippen molar-refractivity contribution >= 4 is 23.9 Å². The Morgan fingerprint density at radius 2 is 1.22 bits per heavy atom. The zero-order valence-corrected chi connectivity index (χ0v) is 29.4. The zero-order chi connectivity index (χ0) is 37.7. The van der Waals surface area contributed by atoms with Gasteiger partial charge < -0.3 is 38.6 Å². The van der Waals surface area contributed by atoms with Gasteiger partial charge in [-0.3, -0.25) is 0 Å². The number of aliphatic hydroxyl groups is 2. The van der Waals surface area contributed by atoms with Gasteiger partial charge in [0.15, 0.2) is 6.29 Å². The van der Waals surface area contributed by atoms with E-state index in [0.717, 1.165) is 11.1 Å². The van der Waals surface area contributed by atoms with Gasteiger partial charge in [0.05, 0.1) is 33.0 Å². The summed E-state index contributed by atoms with van der Waals surface area (Å²) < 4.78 is 29.7. The largest absolute Gasteiger partial charge is 0.457 e. The molecule has 2 aromatic carbocycles. The monoisotopic (exact) mass is 698 g/mol. The number of carbonyl (C=O) groups excluding carboxylic acids is 4. The van der Waals surface area contributed by atoms with Crippen LogP contribution >= 0.6 is 0 Å². The van der Waals surface area contributed by atoms with Gasteiger partial charge in [-0.25, -0.2) is 19.2 Å². The number of hydrogen-bond donors (Lipinski definition) is 2. The van der Waals surface area contributed by atoms with E-state index in [4.69, 9.17) is 33.9 Å². The van der Waals surface area contributed by atoms with Crippen LogP contribution in [0.2, 0.25) is 0 Å². The molecule has 0 aliphatic carbocycles. The second kappa shape index (κ2) is 28.2. The highest BCUT2D eigenvalue weighted by Gasteiger charge is 2.14. The first-order valence-electron chi connectivity index (χ1n) is 15.7. The number of esters is 4. The Morgan fingerprint density at radius 1 is 0.700 bits per heavy atom. The Bertz CT molecular complexity index is 1370. The molecule has 0 aliphatic heterocycles. The van der Waals surface area contributed by atoms with Crippen LogP contribution in [-0.2, 0) is 60.8 Å². The number of hydrogen-bond acceptors (Lipinski definition) is 12. The van der Waals surface area contributed by atoms with Gasteiger partial charge in [0, 0.05) is 28.9 Å². The van der Waals surface area contributed by atoms with E-state index in [9.17, 15) is 19.2 Å². The third-order valence-electron chi connectivity index (χ3n) is 5.84. The molecule has 0 aromatic heterocycles. The highest BCUT2D eigenvalue weighted by molar-refractivity contribution is 6.01. The third-order valence-corrected chi connectivity index (χ3v) is 5.84. The predicted molar refractivity (Wildman–Crippen MR) is 187 cm³/mol. The second-order valence-corrected chi connectivity index (χ2v) is 10.3. The Morgan fingerprint density at radius 3 is 1.68 bits per heavy atom. The number of carbonyl (C=O) groups is 4. The lowest BCUT2D eigenvalue weighted by molar-refractivity contribution is -0.166. The lowest BCUT2D eigenvalue weighted by Crippen LogP contribution is -2.23. The van der Waals surface area contributed by atoms with Crippen molar-refractivity contribution in [3.63, 3.8) is 0 Å². The summed E-state index contributed by atoms with van der Waals surface area (Å²) in [5.41, 5.74) is 2.80. The minimum absolute atomic E-state index is 0.00882. The Kier molecular flexibility index (Phi) is 25.5. The molecule has 0 aliphatic rings. The van der Waals surface area contributed by atoms with E-state index in [2.05, 4.69) is 24.5 Å². The number of benzene rings is 2. The minimum atomic E-state index is -0.784. The first kappa shape index (κ1) is 45.3. The summed E-state index contributed by atoms with van der Waals surface area (Å²) >= 11 is 0. The molecule has 2 N–H and O–H groups in total. The summed E-state index contributed by atoms with van der Waals surface area (Å²) in [6.07, 6.45) is 1.01. The number of aliphatic hydroxyl groups excluding tert-OH is 2. The van der Waals surface area contributed by atoms with Gasteiger partial charge in [0.2, 0.25) is 0 Å². The van der Waals surface area contributed by atoms with E-state index in [-0.39, 0.29) is 48.9 Å². The fourth-order valence-corrected chi connectivity index (χ4v) is 3.11. The molecule has 0 heterocycles. The zero-order valence-electron chi connectivity index (χ0n) is 29.4. The second-order valence-electron chi connectivity index (χ2n) is 10.3. The molecule has 0 spiro atoms. The van der Waals surface area contributed by atoms with Gasteiger partial charge in [0.25, 0.3) is 0 Å². The molecule has 0 saturated heterocycles. The molecule has 2 rings (SSSR count). The fraction of sp³-hybridized carbons (Fsp3) is 0.368. The average molecular weight is 699 g/mol. The van der Waals surface area contributed by atoms with Gasteiger partial charge in [0.1, 0.15) is 13.2 Å². The summed E-state index contributed by atoms with van der Waals surface area (Å²) in [6, 6.07) is 18.8. The molecule has 12 heteroatoms. The van der Waals surface area contributed by atoms with Crippen molar-refractivity contribution in [1.82, 2.24) is 0 Å². The summed E-state index contributed by atoms with van der Waals surface area (Å²) in [7, 11) is 0. The van der Waals surface area contributed by atoms with E-state index in [1.165, 1.54) is 19.9 Å². The molecular formula is C38H50O12. The molecule has 50 heavy (non-hydrogen) atoms. The Labute approximate surface area is 294 Å². The summed E-state index contributed by atoms with van der Waals surface area (Å²) in [4.78, 5) is 45.7. The Hall–Kier alpha value is -4.72. The van der Waals surface area contributed by atoms with Crippen LogP contribution in [0.1, 0.15) is 45.2 Å². The quantitative estimate of drug-likeness (QED) is 0.0508. The van der Waals surface area contributed by atoms with Crippen LogP contribution in [0.3, 0.4) is 0 Å². The lowest BCUT2D eigenvalue weighted by Gasteiger charge is -2.14. The van der Waals surface area contributed by atoms with Gasteiger partial charge in [-0.2, -0.15) is 0 Å². The maximum absolute atomic E-state index is 11.8. The first-order valence-corrected chi connectivity index (χ1v) is 15.7. The van der Waals surface area contributed by atoms with E-state index in [1.54, 1.807) is 6.92 Å². The predicted octanol–water partition coefficient (Wildman–Crippen LogP) is 4.94. The average Bonchev–Trinajstić information content (AvgIpc) is 3.12. The van der Waals surface area contributed by atoms with E-state index >= 15 is 0 Å². The number of rotatable bonds is 19. The highest BCUT2D eigenvalue weighted by Crippen LogP contribution is 2.10. The molecule has 0 radical (unpaired) electrons. The van der Waals surface area contributed by atoms with Crippen LogP contribution in [0.25, 0.3) is 0 Å². The number of allylic oxidation sites excluding steroid dienone is 1. The van der Waals surface area contributed by atoms with Crippen molar-refractivity contribution < 1.29 is 57.8 Å². The lowest BCUT2D eigenvalue weighted by atomic mass is 10.1. The molecule has 2 aromatic rings. The summed E-state index contributed by atoms with van der Waals surface area (Å²) in [5.74, 6) is -2.46. The topological polar surface area (TPSA) is 164 Å². The number of ether oxygens (including phenoxy) is 6. The van der Waals surface area contributed by atoms with Crippen LogP contribution in [0.15, 0.2) is 109 Å². The molecule has 1 unspecified atom stereocenters. The van der Waals surface area contributed by atoms with Crippen molar-refractivity contribution in [3.05, 3.63) is 120 Å². The Balaban J connectivity index is 0.000000783. The van der Waals surface area contributed by atoms with E-state index < -0.39 is 24.2 Å². The van der Waals surface area contributed by atoms with Crippen LogP contribution in [0.5, 0.6) is 0 Å². The maximum Gasteiger partial charge on any atom is 0.341 e. The van der Waals surface area contributed by atoms with Crippen molar-refractivity contribution in [2.45, 2.75) is 53.6 Å². The van der Waals surface area contributed by atoms with Crippen molar-refractivity contribution in [2.75, 3.05) is 39.6 Å². The molecule has 0 amide bonds. The van der Waals surface area contributed by atoms with E-state index in [0.29, 0.717) is 38.6 Å². The molecule has 1 atom stereocenters. The smallest absolute Gasteiger partial charge is 0.341 e. The molecule has 0 saturated carbocycles. The summed E-state index contributed by atoms with van der Waals surface area (Å²) in [5, 5.41) is 17.1. The normalized spacial score (nSPS) is 11.0. The van der Waals surface area contributed by atoms with Gasteiger partial charge in [-0.05, 0) is 45.2 Å². The molecule has 274 valence electrons. The SMILES string of the molecule is C=C(C)C(=O)OC(=O)C(C)=CCC(=C)C(=O)OCc1ccccc1.C=C(C)C(=O)OCc1ccccc1.CCOC(CO)OCCOCCO. The minimum Gasteiger partial charge on any atom is -0.457 e. The first-order chi connectivity index (χ1) is 23.9. The van der Waals surface area contributed by atoms with E-state index in [1.807, 2.05) is 67.6 Å². The van der Waals surface area contributed by atoms with Crippen molar-refractivity contribution in [2.24, 2.45) is 0 Å². The molecule has 0 fully saturated rings. The van der Waals surface area contributed by atoms with Crippen LogP contribution in [0, 0.1) is 0 Å². The van der Waals surface area contributed by atoms with Crippen molar-refractivity contribution in [1.29, 1.82) is 0 Å². The van der Waals surface area contributed by atoms with Crippen molar-refractivity contribution in [3.8, 4) is 0 Å².